The molecule has 1 heterocycles. The Kier molecular flexibility index (Phi) is 4.39. The van der Waals surface area contributed by atoms with Gasteiger partial charge in [0.2, 0.25) is 15.9 Å². The van der Waals surface area contributed by atoms with E-state index in [2.05, 4.69) is 4.98 Å². The number of rotatable bonds is 4. The molecule has 8 heteroatoms. The molecule has 2 aromatic carbocycles. The van der Waals surface area contributed by atoms with Crippen LogP contribution in [0.1, 0.15) is 0 Å². The first-order valence-electron chi connectivity index (χ1n) is 7.09. The molecule has 0 fully saturated rings. The minimum atomic E-state index is -3.82. The van der Waals surface area contributed by atoms with Crippen molar-refractivity contribution in [1.29, 1.82) is 0 Å². The second-order valence-electron chi connectivity index (χ2n) is 5.15. The van der Waals surface area contributed by atoms with Crippen molar-refractivity contribution in [2.75, 3.05) is 0 Å². The third-order valence-electron chi connectivity index (χ3n) is 3.32. The first-order valence-corrected chi connectivity index (χ1v) is 8.64. The standard InChI is InChI=1S/C17H13FN2O4S/c18-14-8-7-12(10-16(14)21)24-17-6-2-5-15(20-17)11-3-1-4-13(9-11)25(19,22)23/h1-10,21H,(H2,19,22,23). The zero-order chi connectivity index (χ0) is 18.0. The Morgan fingerprint density at radius 1 is 1.04 bits per heavy atom. The van der Waals surface area contributed by atoms with Crippen LogP contribution in [0, 0.1) is 5.82 Å². The molecule has 0 aliphatic heterocycles. The summed E-state index contributed by atoms with van der Waals surface area (Å²) >= 11 is 0. The Labute approximate surface area is 143 Å². The summed E-state index contributed by atoms with van der Waals surface area (Å²) in [6, 6.07) is 14.5. The molecule has 6 nitrogen and oxygen atoms in total. The number of nitrogens with zero attached hydrogens (tertiary/aromatic N) is 1. The maximum atomic E-state index is 13.1. The summed E-state index contributed by atoms with van der Waals surface area (Å²) in [5.74, 6) is -0.880. The summed E-state index contributed by atoms with van der Waals surface area (Å²) in [6.07, 6.45) is 0. The monoisotopic (exact) mass is 360 g/mol. The number of primary sulfonamides is 1. The molecule has 128 valence electrons. The fourth-order valence-corrected chi connectivity index (χ4v) is 2.70. The number of hydrogen-bond acceptors (Lipinski definition) is 5. The first kappa shape index (κ1) is 16.9. The van der Waals surface area contributed by atoms with Crippen molar-refractivity contribution in [3.63, 3.8) is 0 Å². The molecule has 0 unspecified atom stereocenters. The minimum absolute atomic E-state index is 0.0263. The number of aromatic hydroxyl groups is 1. The number of halogens is 1. The first-order chi connectivity index (χ1) is 11.8. The van der Waals surface area contributed by atoms with Crippen LogP contribution in [0.15, 0.2) is 65.6 Å². The maximum absolute atomic E-state index is 13.1. The van der Waals surface area contributed by atoms with E-state index in [4.69, 9.17) is 9.88 Å². The molecule has 3 N–H and O–H groups in total. The molecule has 0 amide bonds. The molecule has 0 atom stereocenters. The number of nitrogens with two attached hydrogens (primary N) is 1. The van der Waals surface area contributed by atoms with E-state index in [1.54, 1.807) is 30.3 Å². The van der Waals surface area contributed by atoms with Crippen molar-refractivity contribution in [2.45, 2.75) is 4.90 Å². The highest BCUT2D eigenvalue weighted by atomic mass is 32.2. The van der Waals surface area contributed by atoms with Gasteiger partial charge >= 0.3 is 0 Å². The molecular weight excluding hydrogens is 347 g/mol. The highest BCUT2D eigenvalue weighted by Crippen LogP contribution is 2.28. The van der Waals surface area contributed by atoms with Crippen molar-refractivity contribution in [3.8, 4) is 28.6 Å². The quantitative estimate of drug-likeness (QED) is 0.744. The molecule has 0 aliphatic rings. The average molecular weight is 360 g/mol. The number of aromatic nitrogens is 1. The van der Waals surface area contributed by atoms with E-state index >= 15 is 0 Å². The number of benzene rings is 2. The van der Waals surface area contributed by atoms with Gasteiger partial charge in [-0.05, 0) is 30.3 Å². The molecule has 0 aliphatic carbocycles. The summed E-state index contributed by atoms with van der Waals surface area (Å²) < 4.78 is 41.5. The molecule has 0 radical (unpaired) electrons. The number of phenolic OH excluding ortho intramolecular Hbond substituents is 1. The highest BCUT2D eigenvalue weighted by molar-refractivity contribution is 7.89. The fraction of sp³-hybridized carbons (Fsp3) is 0. The SMILES string of the molecule is NS(=O)(=O)c1cccc(-c2cccc(Oc3ccc(F)c(O)c3)n2)c1. The molecule has 0 saturated carbocycles. The van der Waals surface area contributed by atoms with E-state index in [1.165, 1.54) is 18.2 Å². The summed E-state index contributed by atoms with van der Waals surface area (Å²) in [6.45, 7) is 0. The molecule has 3 aromatic rings. The number of hydrogen-bond donors (Lipinski definition) is 2. The van der Waals surface area contributed by atoms with Gasteiger partial charge in [-0.2, -0.15) is 0 Å². The van der Waals surface area contributed by atoms with Gasteiger partial charge in [0.1, 0.15) is 5.75 Å². The average Bonchev–Trinajstić information content (AvgIpc) is 2.58. The van der Waals surface area contributed by atoms with Crippen LogP contribution in [0.25, 0.3) is 11.3 Å². The van der Waals surface area contributed by atoms with Crippen molar-refractivity contribution >= 4 is 10.0 Å². The van der Waals surface area contributed by atoms with Gasteiger partial charge < -0.3 is 9.84 Å². The predicted molar refractivity (Wildman–Crippen MR) is 89.2 cm³/mol. The number of pyridine rings is 1. The second kappa shape index (κ2) is 6.50. The van der Waals surface area contributed by atoms with E-state index in [0.29, 0.717) is 11.3 Å². The molecular formula is C17H13FN2O4S. The van der Waals surface area contributed by atoms with E-state index in [0.717, 1.165) is 12.1 Å². The smallest absolute Gasteiger partial charge is 0.238 e. The fourth-order valence-electron chi connectivity index (χ4n) is 2.14. The third kappa shape index (κ3) is 3.93. The zero-order valence-electron chi connectivity index (χ0n) is 12.8. The van der Waals surface area contributed by atoms with Crippen molar-refractivity contribution < 1.29 is 22.7 Å². The van der Waals surface area contributed by atoms with Crippen LogP contribution in [0.2, 0.25) is 0 Å². The Morgan fingerprint density at radius 3 is 2.52 bits per heavy atom. The summed E-state index contributed by atoms with van der Waals surface area (Å²) in [4.78, 5) is 4.25. The molecule has 25 heavy (non-hydrogen) atoms. The van der Waals surface area contributed by atoms with Crippen molar-refractivity contribution in [1.82, 2.24) is 4.98 Å². The van der Waals surface area contributed by atoms with Gasteiger partial charge in [0.15, 0.2) is 11.6 Å². The topological polar surface area (TPSA) is 103 Å². The Hall–Kier alpha value is -2.97. The van der Waals surface area contributed by atoms with Gasteiger partial charge in [-0.3, -0.25) is 0 Å². The predicted octanol–water partition coefficient (Wildman–Crippen LogP) is 3.03. The Bertz CT molecular complexity index is 1040. The lowest BCUT2D eigenvalue weighted by atomic mass is 10.1. The molecule has 0 saturated heterocycles. The van der Waals surface area contributed by atoms with Gasteiger partial charge in [-0.1, -0.05) is 18.2 Å². The number of phenols is 1. The third-order valence-corrected chi connectivity index (χ3v) is 4.23. The van der Waals surface area contributed by atoms with Crippen molar-refractivity contribution in [2.24, 2.45) is 5.14 Å². The molecule has 3 rings (SSSR count). The van der Waals surface area contributed by atoms with E-state index < -0.39 is 21.6 Å². The van der Waals surface area contributed by atoms with Crippen LogP contribution >= 0.6 is 0 Å². The lowest BCUT2D eigenvalue weighted by molar-refractivity contribution is 0.418. The van der Waals surface area contributed by atoms with E-state index in [-0.39, 0.29) is 16.5 Å². The normalized spacial score (nSPS) is 11.3. The Balaban J connectivity index is 1.93. The minimum Gasteiger partial charge on any atom is -0.505 e. The van der Waals surface area contributed by atoms with E-state index in [9.17, 15) is 17.9 Å². The van der Waals surface area contributed by atoms with Crippen LogP contribution in [0.3, 0.4) is 0 Å². The lowest BCUT2D eigenvalue weighted by Crippen LogP contribution is -2.11. The number of sulfonamides is 1. The van der Waals surface area contributed by atoms with Gasteiger partial charge in [0.25, 0.3) is 0 Å². The zero-order valence-corrected chi connectivity index (χ0v) is 13.6. The highest BCUT2D eigenvalue weighted by Gasteiger charge is 2.10. The summed E-state index contributed by atoms with van der Waals surface area (Å²) in [5.41, 5.74) is 1.01. The van der Waals surface area contributed by atoms with Crippen LogP contribution in [-0.4, -0.2) is 18.5 Å². The second-order valence-corrected chi connectivity index (χ2v) is 6.71. The Morgan fingerprint density at radius 2 is 1.80 bits per heavy atom. The molecule has 0 spiro atoms. The van der Waals surface area contributed by atoms with Crippen molar-refractivity contribution in [3.05, 3.63) is 66.5 Å². The van der Waals surface area contributed by atoms with Crippen LogP contribution in [-0.2, 0) is 10.0 Å². The van der Waals surface area contributed by atoms with Gasteiger partial charge in [0.05, 0.1) is 10.6 Å². The molecule has 0 bridgehead atoms. The van der Waals surface area contributed by atoms with Gasteiger partial charge in [0, 0.05) is 17.7 Å². The number of ether oxygens (including phenoxy) is 1. The summed E-state index contributed by atoms with van der Waals surface area (Å²) in [5, 5.41) is 14.5. The lowest BCUT2D eigenvalue weighted by Gasteiger charge is -2.08. The van der Waals surface area contributed by atoms with E-state index in [1.807, 2.05) is 0 Å². The molecule has 1 aromatic heterocycles. The van der Waals surface area contributed by atoms with Gasteiger partial charge in [-0.15, -0.1) is 0 Å². The van der Waals surface area contributed by atoms with Crippen LogP contribution in [0.5, 0.6) is 17.4 Å². The van der Waals surface area contributed by atoms with Crippen LogP contribution in [0.4, 0.5) is 4.39 Å². The van der Waals surface area contributed by atoms with Crippen LogP contribution < -0.4 is 9.88 Å². The summed E-state index contributed by atoms with van der Waals surface area (Å²) in [7, 11) is -3.82. The van der Waals surface area contributed by atoms with Gasteiger partial charge in [-0.25, -0.2) is 22.9 Å². The maximum Gasteiger partial charge on any atom is 0.238 e. The largest absolute Gasteiger partial charge is 0.505 e.